The molecule has 0 saturated carbocycles. The Morgan fingerprint density at radius 1 is 0.780 bits per heavy atom. The number of fused-ring (bicyclic) bond motifs is 3. The normalized spacial score (nSPS) is 21.0. The summed E-state index contributed by atoms with van der Waals surface area (Å²) < 4.78 is 44.5. The number of methoxy groups -OCH3 is 1. The predicted molar refractivity (Wildman–Crippen MR) is 312 cm³/mol. The molecule has 492 valence electrons. The summed E-state index contributed by atoms with van der Waals surface area (Å²) in [5.41, 5.74) is 1.56. The first-order valence-corrected chi connectivity index (χ1v) is 29.2. The number of carbonyl (C=O) groups is 11. The van der Waals surface area contributed by atoms with E-state index < -0.39 is 162 Å². The molecule has 30 heteroatoms. The molecular formula is C61H74N6O24. The third-order valence-electron chi connectivity index (χ3n) is 15.5. The maximum absolute atomic E-state index is 14.1. The van der Waals surface area contributed by atoms with Crippen LogP contribution in [-0.2, 0) is 84.5 Å². The first-order valence-electron chi connectivity index (χ1n) is 29.2. The lowest BCUT2D eigenvalue weighted by atomic mass is 9.72. The minimum atomic E-state index is -2.43. The fourth-order valence-corrected chi connectivity index (χ4v) is 10.6. The molecule has 7 amide bonds. The maximum Gasteiger partial charge on any atom is 0.407 e. The van der Waals surface area contributed by atoms with Gasteiger partial charge in [-0.15, -0.1) is 0 Å². The number of alkyl carbamates (subject to hydrolysis) is 1. The standard InChI is InChI=1S/C61H74N6O24/c1-31(64-58(80)32(2)63-45(72)14-16-85-18-20-87-22-23-88-21-19-86-17-15-67-46(73)12-13-47(67)74)40(69)24-35(25-44(62)71)59(81)65-36-10-8-34(9-11-36)30-89-60(82)66-39-26-48(90-33(3)53(39)75)91-42-28-61(83,43(70)29-68)27-38-50(42)57(79)52-51(55(38)77)54(76)37-6-5-7-41(84-4)49(37)56(52)78/h5-13,31-33,35,39,42,48,53,68,75,77,79,83H,14-30H2,1-4H3,(H2,62,71)(H,63,72)(H,64,80)(H,65,81)(H,66,82)/t31-,32-,33+,35-,39+,42+,48+,53-,61+/m1/s1. The van der Waals surface area contributed by atoms with E-state index in [9.17, 15) is 78.3 Å². The number of Topliss-reactive ketones (excluding diaryl/α,β-unsaturated/α-hetero) is 2. The highest BCUT2D eigenvalue weighted by molar-refractivity contribution is 6.31. The van der Waals surface area contributed by atoms with Gasteiger partial charge in [0.05, 0.1) is 113 Å². The van der Waals surface area contributed by atoms with Gasteiger partial charge >= 0.3 is 6.09 Å². The van der Waals surface area contributed by atoms with Crippen LogP contribution in [0.1, 0.15) is 108 Å². The van der Waals surface area contributed by atoms with E-state index in [1.165, 1.54) is 82.5 Å². The molecule has 1 fully saturated rings. The Morgan fingerprint density at radius 2 is 1.41 bits per heavy atom. The van der Waals surface area contributed by atoms with Gasteiger partial charge in [-0.1, -0.05) is 24.3 Å². The molecule has 0 bridgehead atoms. The Labute approximate surface area is 520 Å². The summed E-state index contributed by atoms with van der Waals surface area (Å²) >= 11 is 0. The monoisotopic (exact) mass is 1270 g/mol. The molecule has 3 aromatic carbocycles. The van der Waals surface area contributed by atoms with E-state index in [4.69, 9.17) is 43.6 Å². The molecule has 0 radical (unpaired) electrons. The molecule has 1 saturated heterocycles. The van der Waals surface area contributed by atoms with Gasteiger partial charge in [-0.25, -0.2) is 4.79 Å². The number of carbonyl (C=O) groups excluding carboxylic acids is 11. The number of hydrogen-bond donors (Lipinski definition) is 10. The molecule has 3 aromatic rings. The van der Waals surface area contributed by atoms with Gasteiger partial charge in [0.2, 0.25) is 29.4 Å². The van der Waals surface area contributed by atoms with E-state index in [2.05, 4.69) is 21.3 Å². The Hall–Kier alpha value is -8.59. The van der Waals surface area contributed by atoms with E-state index >= 15 is 0 Å². The van der Waals surface area contributed by atoms with Gasteiger partial charge < -0.3 is 90.4 Å². The number of anilines is 1. The van der Waals surface area contributed by atoms with Crippen LogP contribution in [0.25, 0.3) is 0 Å². The molecule has 0 aromatic heterocycles. The van der Waals surface area contributed by atoms with E-state index in [0.29, 0.717) is 5.56 Å². The average molecular weight is 1280 g/mol. The number of aliphatic hydroxyl groups is 3. The number of primary amides is 1. The number of imide groups is 1. The summed E-state index contributed by atoms with van der Waals surface area (Å²) in [5.74, 6) is -9.89. The number of hydrogen-bond acceptors (Lipinski definition) is 24. The van der Waals surface area contributed by atoms with Crippen LogP contribution < -0.4 is 31.7 Å². The van der Waals surface area contributed by atoms with Crippen molar-refractivity contribution >= 4 is 70.4 Å². The van der Waals surface area contributed by atoms with E-state index in [0.717, 1.165) is 4.90 Å². The van der Waals surface area contributed by atoms with Crippen LogP contribution in [0.4, 0.5) is 10.5 Å². The van der Waals surface area contributed by atoms with Gasteiger partial charge in [-0.05, 0) is 44.5 Å². The summed E-state index contributed by atoms with van der Waals surface area (Å²) in [4.78, 5) is 143. The molecule has 9 atom stereocenters. The summed E-state index contributed by atoms with van der Waals surface area (Å²) in [6, 6.07) is 6.76. The van der Waals surface area contributed by atoms with Crippen LogP contribution in [-0.4, -0.2) is 210 Å². The van der Waals surface area contributed by atoms with Crippen LogP contribution in [0.2, 0.25) is 0 Å². The van der Waals surface area contributed by atoms with Crippen LogP contribution in [0.5, 0.6) is 17.2 Å². The van der Waals surface area contributed by atoms with Crippen molar-refractivity contribution in [1.29, 1.82) is 0 Å². The number of amides is 7. The zero-order chi connectivity index (χ0) is 66.3. The number of nitrogens with one attached hydrogen (secondary N) is 4. The van der Waals surface area contributed by atoms with Crippen molar-refractivity contribution in [2.45, 2.75) is 114 Å². The summed E-state index contributed by atoms with van der Waals surface area (Å²) in [6.07, 6.45) is -6.76. The largest absolute Gasteiger partial charge is 0.507 e. The smallest absolute Gasteiger partial charge is 0.407 e. The van der Waals surface area contributed by atoms with Gasteiger partial charge in [0.25, 0.3) is 11.8 Å². The van der Waals surface area contributed by atoms with Gasteiger partial charge in [-0.3, -0.25) is 52.8 Å². The van der Waals surface area contributed by atoms with Crippen molar-refractivity contribution in [2.75, 3.05) is 78.4 Å². The highest BCUT2D eigenvalue weighted by Crippen LogP contribution is 2.52. The van der Waals surface area contributed by atoms with Crippen molar-refractivity contribution in [3.8, 4) is 17.2 Å². The summed E-state index contributed by atoms with van der Waals surface area (Å²) in [7, 11) is 1.27. The molecule has 2 heterocycles. The van der Waals surface area contributed by atoms with E-state index in [1.807, 2.05) is 0 Å². The molecule has 4 aliphatic rings. The lowest BCUT2D eigenvalue weighted by Gasteiger charge is -2.42. The SMILES string of the molecule is COc1cccc2c1C(=O)c1c(O)c3c(c(O)c1C2=O)C[C@@](O)(C(=O)CO)C[C@@H]3O[C@H]1C[C@H](NC(=O)OCc2ccc(NC(=O)[C@@H](CC(N)=O)CC(=O)[C@@H](C)NC(=O)[C@@H](C)NC(=O)CCOCCOCCOCCOCCN3C(=O)C=CC3=O)cc2)[C@H](O)[C@H](C)O1. The molecule has 2 aliphatic heterocycles. The number of rotatable bonds is 33. The highest BCUT2D eigenvalue weighted by atomic mass is 16.7. The Kier molecular flexibility index (Phi) is 24.5. The van der Waals surface area contributed by atoms with Crippen molar-refractivity contribution in [3.05, 3.63) is 93.6 Å². The highest BCUT2D eigenvalue weighted by Gasteiger charge is 2.50. The van der Waals surface area contributed by atoms with Crippen molar-refractivity contribution in [2.24, 2.45) is 11.7 Å². The minimum Gasteiger partial charge on any atom is -0.507 e. The molecule has 0 spiro atoms. The topological polar surface area (TPSA) is 440 Å². The quantitative estimate of drug-likeness (QED) is 0.0167. The second-order valence-corrected chi connectivity index (χ2v) is 21.9. The summed E-state index contributed by atoms with van der Waals surface area (Å²) in [6.45, 7) is 4.62. The zero-order valence-electron chi connectivity index (χ0n) is 50.4. The van der Waals surface area contributed by atoms with E-state index in [-0.39, 0.29) is 124 Å². The van der Waals surface area contributed by atoms with Crippen molar-refractivity contribution < 1.29 is 116 Å². The number of aromatic hydroxyl groups is 2. The molecular weight excluding hydrogens is 1200 g/mol. The number of aliphatic hydroxyl groups excluding tert-OH is 2. The molecule has 30 nitrogen and oxygen atoms in total. The predicted octanol–water partition coefficient (Wildman–Crippen LogP) is -0.251. The fourth-order valence-electron chi connectivity index (χ4n) is 10.6. The lowest BCUT2D eigenvalue weighted by molar-refractivity contribution is -0.249. The molecule has 2 aliphatic carbocycles. The molecule has 0 unspecified atom stereocenters. The number of nitrogens with zero attached hydrogens (tertiary/aromatic N) is 1. The van der Waals surface area contributed by atoms with Gasteiger partial charge in [0.1, 0.15) is 48.2 Å². The number of ketones is 4. The Bertz CT molecular complexity index is 3260. The molecule has 7 rings (SSSR count). The second-order valence-electron chi connectivity index (χ2n) is 21.9. The average Bonchev–Trinajstić information content (AvgIpc) is 0.731. The van der Waals surface area contributed by atoms with Crippen LogP contribution in [0.3, 0.4) is 0 Å². The van der Waals surface area contributed by atoms with Crippen LogP contribution in [0.15, 0.2) is 54.6 Å². The van der Waals surface area contributed by atoms with Crippen LogP contribution in [0, 0.1) is 5.92 Å². The van der Waals surface area contributed by atoms with Gasteiger partial charge in [0.15, 0.2) is 23.6 Å². The second kappa shape index (κ2) is 31.9. The van der Waals surface area contributed by atoms with Crippen molar-refractivity contribution in [3.63, 3.8) is 0 Å². The first-order chi connectivity index (χ1) is 43.3. The third-order valence-corrected chi connectivity index (χ3v) is 15.5. The van der Waals surface area contributed by atoms with Gasteiger partial charge in [-0.2, -0.15) is 0 Å². The number of ether oxygens (including phenoxy) is 8. The van der Waals surface area contributed by atoms with E-state index in [1.54, 1.807) is 0 Å². The van der Waals surface area contributed by atoms with Gasteiger partial charge in [0, 0.05) is 73.1 Å². The molecule has 91 heavy (non-hydrogen) atoms. The maximum atomic E-state index is 14.1. The Balaban J connectivity index is 0.830. The molecule has 11 N–H and O–H groups in total. The number of phenolic OH excluding ortho intramolecular Hbond substituents is 2. The number of phenols is 2. The fraction of sp³-hybridized carbons (Fsp3) is 0.492. The van der Waals surface area contributed by atoms with Crippen molar-refractivity contribution in [1.82, 2.24) is 20.9 Å². The summed E-state index contributed by atoms with van der Waals surface area (Å²) in [5, 5.41) is 66.4. The number of benzene rings is 3. The number of nitrogens with two attached hydrogens (primary N) is 1. The van der Waals surface area contributed by atoms with Crippen LogP contribution >= 0.6 is 0 Å². The minimum absolute atomic E-state index is 0.0118. The lowest BCUT2D eigenvalue weighted by Crippen LogP contribution is -2.56. The first kappa shape index (κ1) is 69.9. The zero-order valence-corrected chi connectivity index (χ0v) is 50.4. The Morgan fingerprint density at radius 3 is 2.03 bits per heavy atom. The third kappa shape index (κ3) is 17.7.